The topological polar surface area (TPSA) is 37.0 Å². The molecule has 1 heterocycles. The second kappa shape index (κ2) is 6.05. The fourth-order valence-corrected chi connectivity index (χ4v) is 1.66. The molecule has 0 aliphatic rings. The van der Waals surface area contributed by atoms with E-state index in [0.717, 1.165) is 30.2 Å². The van der Waals surface area contributed by atoms with E-state index in [-0.39, 0.29) is 0 Å². The zero-order chi connectivity index (χ0) is 12.8. The molecule has 0 atom stereocenters. The molecule has 2 rings (SSSR count). The van der Waals surface area contributed by atoms with Gasteiger partial charge in [0.15, 0.2) is 0 Å². The Hall–Kier alpha value is -2.03. The Morgan fingerprint density at radius 3 is 2.56 bits per heavy atom. The van der Waals surface area contributed by atoms with Gasteiger partial charge >= 0.3 is 0 Å². The van der Waals surface area contributed by atoms with Crippen LogP contribution in [0.15, 0.2) is 42.6 Å². The van der Waals surface area contributed by atoms with Crippen LogP contribution >= 0.6 is 0 Å². The van der Waals surface area contributed by atoms with Gasteiger partial charge in [-0.2, -0.15) is 0 Å². The Labute approximate surface area is 108 Å². The molecule has 2 N–H and O–H groups in total. The van der Waals surface area contributed by atoms with Gasteiger partial charge in [-0.05, 0) is 31.5 Å². The summed E-state index contributed by atoms with van der Waals surface area (Å²) in [6, 6.07) is 12.3. The summed E-state index contributed by atoms with van der Waals surface area (Å²) in [4.78, 5) is 4.28. The van der Waals surface area contributed by atoms with Gasteiger partial charge in [-0.15, -0.1) is 0 Å². The molecule has 94 valence electrons. The first-order chi connectivity index (χ1) is 8.78. The molecule has 0 aliphatic heterocycles. The SMILES string of the molecule is CCCNc1cc(Nc2ccc(C)cc2)ccn1. The van der Waals surface area contributed by atoms with Crippen molar-refractivity contribution in [2.24, 2.45) is 0 Å². The maximum Gasteiger partial charge on any atom is 0.127 e. The molecule has 0 radical (unpaired) electrons. The lowest BCUT2D eigenvalue weighted by Gasteiger charge is -2.09. The zero-order valence-corrected chi connectivity index (χ0v) is 10.9. The summed E-state index contributed by atoms with van der Waals surface area (Å²) < 4.78 is 0. The molecule has 0 bridgehead atoms. The van der Waals surface area contributed by atoms with Crippen LogP contribution in [-0.4, -0.2) is 11.5 Å². The number of hydrogen-bond acceptors (Lipinski definition) is 3. The van der Waals surface area contributed by atoms with E-state index in [1.807, 2.05) is 18.3 Å². The molecular weight excluding hydrogens is 222 g/mol. The number of hydrogen-bond donors (Lipinski definition) is 2. The molecule has 1 aromatic carbocycles. The van der Waals surface area contributed by atoms with Crippen LogP contribution in [0.25, 0.3) is 0 Å². The highest BCUT2D eigenvalue weighted by Gasteiger charge is 1.97. The summed E-state index contributed by atoms with van der Waals surface area (Å²) >= 11 is 0. The second-order valence-electron chi connectivity index (χ2n) is 4.35. The first kappa shape index (κ1) is 12.4. The highest BCUT2D eigenvalue weighted by atomic mass is 15.0. The quantitative estimate of drug-likeness (QED) is 0.832. The average Bonchev–Trinajstić information content (AvgIpc) is 2.40. The smallest absolute Gasteiger partial charge is 0.127 e. The monoisotopic (exact) mass is 241 g/mol. The summed E-state index contributed by atoms with van der Waals surface area (Å²) in [6.45, 7) is 5.17. The summed E-state index contributed by atoms with van der Waals surface area (Å²) in [5.74, 6) is 0.911. The Morgan fingerprint density at radius 1 is 1.06 bits per heavy atom. The van der Waals surface area contributed by atoms with Gasteiger partial charge in [0.25, 0.3) is 0 Å². The predicted octanol–water partition coefficient (Wildman–Crippen LogP) is 3.96. The molecule has 0 fully saturated rings. The third kappa shape index (κ3) is 3.48. The lowest BCUT2D eigenvalue weighted by molar-refractivity contribution is 0.969. The van der Waals surface area contributed by atoms with Crippen molar-refractivity contribution < 1.29 is 0 Å². The van der Waals surface area contributed by atoms with Crippen molar-refractivity contribution in [1.29, 1.82) is 0 Å². The van der Waals surface area contributed by atoms with Gasteiger partial charge in [-0.1, -0.05) is 24.6 Å². The molecule has 0 aliphatic carbocycles. The number of aromatic nitrogens is 1. The number of benzene rings is 1. The van der Waals surface area contributed by atoms with Gasteiger partial charge in [-0.25, -0.2) is 4.98 Å². The number of anilines is 3. The number of pyridine rings is 1. The van der Waals surface area contributed by atoms with Crippen LogP contribution in [0.1, 0.15) is 18.9 Å². The number of aryl methyl sites for hydroxylation is 1. The first-order valence-corrected chi connectivity index (χ1v) is 6.31. The largest absolute Gasteiger partial charge is 0.370 e. The van der Waals surface area contributed by atoms with Crippen LogP contribution in [0, 0.1) is 6.92 Å². The minimum absolute atomic E-state index is 0.911. The van der Waals surface area contributed by atoms with Gasteiger partial charge in [-0.3, -0.25) is 0 Å². The van der Waals surface area contributed by atoms with Crippen molar-refractivity contribution in [3.63, 3.8) is 0 Å². The van der Waals surface area contributed by atoms with Gasteiger partial charge in [0.2, 0.25) is 0 Å². The Kier molecular flexibility index (Phi) is 4.18. The van der Waals surface area contributed by atoms with Crippen molar-refractivity contribution in [2.75, 3.05) is 17.2 Å². The lowest BCUT2D eigenvalue weighted by Crippen LogP contribution is -2.02. The average molecular weight is 241 g/mol. The van der Waals surface area contributed by atoms with Crippen molar-refractivity contribution in [2.45, 2.75) is 20.3 Å². The Balaban J connectivity index is 2.06. The van der Waals surface area contributed by atoms with E-state index in [2.05, 4.69) is 53.7 Å². The highest BCUT2D eigenvalue weighted by Crippen LogP contribution is 2.18. The Morgan fingerprint density at radius 2 is 1.83 bits per heavy atom. The molecule has 0 spiro atoms. The third-order valence-corrected chi connectivity index (χ3v) is 2.66. The number of nitrogens with zero attached hydrogens (tertiary/aromatic N) is 1. The van der Waals surface area contributed by atoms with E-state index in [9.17, 15) is 0 Å². The molecule has 0 saturated heterocycles. The molecule has 1 aromatic heterocycles. The van der Waals surface area contributed by atoms with Crippen LogP contribution in [0.5, 0.6) is 0 Å². The van der Waals surface area contributed by atoms with Crippen molar-refractivity contribution in [3.8, 4) is 0 Å². The molecule has 0 amide bonds. The summed E-state index contributed by atoms with van der Waals surface area (Å²) in [5.41, 5.74) is 3.40. The van der Waals surface area contributed by atoms with Crippen LogP contribution < -0.4 is 10.6 Å². The second-order valence-corrected chi connectivity index (χ2v) is 4.35. The number of nitrogens with one attached hydrogen (secondary N) is 2. The summed E-state index contributed by atoms with van der Waals surface area (Å²) in [5, 5.41) is 6.65. The van der Waals surface area contributed by atoms with Crippen LogP contribution in [0.3, 0.4) is 0 Å². The summed E-state index contributed by atoms with van der Waals surface area (Å²) in [7, 11) is 0. The maximum absolute atomic E-state index is 4.28. The minimum atomic E-state index is 0.911. The number of rotatable bonds is 5. The van der Waals surface area contributed by atoms with Gasteiger partial charge < -0.3 is 10.6 Å². The molecular formula is C15H19N3. The molecule has 3 heteroatoms. The summed E-state index contributed by atoms with van der Waals surface area (Å²) in [6.07, 6.45) is 2.91. The van der Waals surface area contributed by atoms with Gasteiger partial charge in [0.1, 0.15) is 5.82 Å². The molecule has 0 saturated carbocycles. The maximum atomic E-state index is 4.28. The van der Waals surface area contributed by atoms with E-state index < -0.39 is 0 Å². The van der Waals surface area contributed by atoms with E-state index in [1.165, 1.54) is 5.56 Å². The van der Waals surface area contributed by atoms with Crippen LogP contribution in [0.4, 0.5) is 17.2 Å². The first-order valence-electron chi connectivity index (χ1n) is 6.31. The third-order valence-electron chi connectivity index (χ3n) is 2.66. The zero-order valence-electron chi connectivity index (χ0n) is 10.9. The lowest BCUT2D eigenvalue weighted by atomic mass is 10.2. The molecule has 2 aromatic rings. The molecule has 18 heavy (non-hydrogen) atoms. The van der Waals surface area contributed by atoms with E-state index in [0.29, 0.717) is 0 Å². The predicted molar refractivity (Wildman–Crippen MR) is 77.5 cm³/mol. The van der Waals surface area contributed by atoms with Gasteiger partial charge in [0, 0.05) is 30.2 Å². The van der Waals surface area contributed by atoms with Crippen LogP contribution in [-0.2, 0) is 0 Å². The normalized spacial score (nSPS) is 10.1. The fourth-order valence-electron chi connectivity index (χ4n) is 1.66. The van der Waals surface area contributed by atoms with E-state index in [1.54, 1.807) is 0 Å². The van der Waals surface area contributed by atoms with Crippen molar-refractivity contribution >= 4 is 17.2 Å². The molecule has 0 unspecified atom stereocenters. The van der Waals surface area contributed by atoms with Crippen molar-refractivity contribution in [1.82, 2.24) is 4.98 Å². The van der Waals surface area contributed by atoms with Gasteiger partial charge in [0.05, 0.1) is 0 Å². The van der Waals surface area contributed by atoms with E-state index in [4.69, 9.17) is 0 Å². The highest BCUT2D eigenvalue weighted by molar-refractivity contribution is 5.62. The van der Waals surface area contributed by atoms with Crippen molar-refractivity contribution in [3.05, 3.63) is 48.2 Å². The fraction of sp³-hybridized carbons (Fsp3) is 0.267. The van der Waals surface area contributed by atoms with Crippen LogP contribution in [0.2, 0.25) is 0 Å². The molecule has 3 nitrogen and oxygen atoms in total. The Bertz CT molecular complexity index is 491. The standard InChI is InChI=1S/C15H19N3/c1-3-9-16-15-11-14(8-10-17-15)18-13-6-4-12(2)5-7-13/h4-8,10-11H,3,9H2,1-2H3,(H2,16,17,18). The minimum Gasteiger partial charge on any atom is -0.370 e. The van der Waals surface area contributed by atoms with E-state index >= 15 is 0 Å².